The maximum Gasteiger partial charge on any atom is 0.293 e. The van der Waals surface area contributed by atoms with Crippen molar-refractivity contribution < 1.29 is 14.5 Å². The third-order valence-corrected chi connectivity index (χ3v) is 4.27. The molecule has 128 valence electrons. The zero-order chi connectivity index (χ0) is 18.0. The number of amides is 1. The Hall–Kier alpha value is -3.22. The van der Waals surface area contributed by atoms with Crippen LogP contribution in [0.3, 0.4) is 0 Å². The highest BCUT2D eigenvalue weighted by Crippen LogP contribution is 2.27. The smallest absolute Gasteiger partial charge is 0.293 e. The molecule has 1 aliphatic heterocycles. The van der Waals surface area contributed by atoms with Gasteiger partial charge in [-0.05, 0) is 24.6 Å². The molecule has 0 aromatic heterocycles. The minimum atomic E-state index is -0.542. The third kappa shape index (κ3) is 3.08. The van der Waals surface area contributed by atoms with Crippen LogP contribution in [0.4, 0.5) is 11.4 Å². The molecule has 2 aromatic rings. The highest BCUT2D eigenvalue weighted by molar-refractivity contribution is 6.15. The summed E-state index contributed by atoms with van der Waals surface area (Å²) in [5, 5.41) is 13.9. The molecule has 0 unspecified atom stereocenters. The largest absolute Gasteiger partial charge is 0.383 e. The molecule has 3 rings (SSSR count). The van der Waals surface area contributed by atoms with Crippen molar-refractivity contribution in [1.82, 2.24) is 4.90 Å². The van der Waals surface area contributed by atoms with Crippen LogP contribution >= 0.6 is 0 Å². The van der Waals surface area contributed by atoms with Crippen molar-refractivity contribution >= 4 is 23.1 Å². The Bertz CT molecular complexity index is 859. The van der Waals surface area contributed by atoms with Gasteiger partial charge in [0.05, 0.1) is 10.5 Å². The summed E-state index contributed by atoms with van der Waals surface area (Å²) in [5.74, 6) is -0.591. The van der Waals surface area contributed by atoms with Gasteiger partial charge in [-0.1, -0.05) is 18.2 Å². The fourth-order valence-corrected chi connectivity index (χ4v) is 2.75. The van der Waals surface area contributed by atoms with E-state index in [1.54, 1.807) is 36.2 Å². The monoisotopic (exact) mass is 339 g/mol. The second kappa shape index (κ2) is 6.72. The number of hydrogen-bond donors (Lipinski definition) is 1. The van der Waals surface area contributed by atoms with E-state index < -0.39 is 10.7 Å². The average Bonchev–Trinajstić information content (AvgIpc) is 2.59. The zero-order valence-electron chi connectivity index (χ0n) is 13.7. The number of rotatable bonds is 5. The highest BCUT2D eigenvalue weighted by atomic mass is 16.6. The number of nitro groups is 1. The van der Waals surface area contributed by atoms with E-state index in [0.29, 0.717) is 24.3 Å². The molecular weight excluding hydrogens is 322 g/mol. The lowest BCUT2D eigenvalue weighted by molar-refractivity contribution is -0.384. The minimum Gasteiger partial charge on any atom is -0.383 e. The standard InChI is InChI=1S/C18H17N3O4/c1-19-15-8-7-12(11-16(15)21(24)25)17(22)13-5-2-3-6-14(13)18(23)20-9-4-10-20/h2-3,5-8,11,19H,4,9-10H2,1H3. The Balaban J connectivity index is 2.00. The van der Waals surface area contributed by atoms with Crippen LogP contribution in [0.1, 0.15) is 32.7 Å². The van der Waals surface area contributed by atoms with Crippen LogP contribution in [-0.4, -0.2) is 41.7 Å². The van der Waals surface area contributed by atoms with Gasteiger partial charge in [-0.15, -0.1) is 0 Å². The molecule has 1 heterocycles. The van der Waals surface area contributed by atoms with Crippen molar-refractivity contribution in [2.75, 3.05) is 25.5 Å². The van der Waals surface area contributed by atoms with E-state index in [4.69, 9.17) is 0 Å². The third-order valence-electron chi connectivity index (χ3n) is 4.27. The molecule has 1 aliphatic rings. The summed E-state index contributed by atoms with van der Waals surface area (Å²) in [6.07, 6.45) is 0.958. The number of anilines is 1. The second-order valence-corrected chi connectivity index (χ2v) is 5.76. The van der Waals surface area contributed by atoms with Crippen molar-refractivity contribution in [3.63, 3.8) is 0 Å². The van der Waals surface area contributed by atoms with Crippen LogP contribution in [0.15, 0.2) is 42.5 Å². The van der Waals surface area contributed by atoms with Crippen LogP contribution in [0, 0.1) is 10.1 Å². The van der Waals surface area contributed by atoms with Gasteiger partial charge in [0.2, 0.25) is 0 Å². The number of nitrogens with zero attached hydrogens (tertiary/aromatic N) is 2. The summed E-state index contributed by atoms with van der Waals surface area (Å²) < 4.78 is 0. The summed E-state index contributed by atoms with van der Waals surface area (Å²) in [6.45, 7) is 1.37. The molecule has 7 nitrogen and oxygen atoms in total. The number of carbonyl (C=O) groups is 2. The van der Waals surface area contributed by atoms with Gasteiger partial charge in [-0.25, -0.2) is 0 Å². The molecule has 7 heteroatoms. The van der Waals surface area contributed by atoms with Gasteiger partial charge in [0.1, 0.15) is 5.69 Å². The summed E-state index contributed by atoms with van der Waals surface area (Å²) in [5.41, 5.74) is 0.902. The van der Waals surface area contributed by atoms with Crippen LogP contribution in [0.2, 0.25) is 0 Å². The number of likely N-dealkylation sites (tertiary alicyclic amines) is 1. The average molecular weight is 339 g/mol. The first-order valence-electron chi connectivity index (χ1n) is 7.92. The molecular formula is C18H17N3O4. The molecule has 0 saturated carbocycles. The summed E-state index contributed by atoms with van der Waals surface area (Å²) in [7, 11) is 1.57. The SMILES string of the molecule is CNc1ccc(C(=O)c2ccccc2C(=O)N2CCC2)cc1[N+](=O)[O-]. The number of nitrogens with one attached hydrogen (secondary N) is 1. The number of benzene rings is 2. The van der Waals surface area contributed by atoms with Gasteiger partial charge in [0, 0.05) is 37.3 Å². The number of nitro benzene ring substituents is 1. The number of ketones is 1. The van der Waals surface area contributed by atoms with Gasteiger partial charge in [-0.2, -0.15) is 0 Å². The minimum absolute atomic E-state index is 0.176. The van der Waals surface area contributed by atoms with E-state index in [2.05, 4.69) is 5.32 Å². The lowest BCUT2D eigenvalue weighted by Gasteiger charge is -2.31. The van der Waals surface area contributed by atoms with E-state index in [9.17, 15) is 19.7 Å². The molecule has 25 heavy (non-hydrogen) atoms. The van der Waals surface area contributed by atoms with E-state index in [0.717, 1.165) is 6.42 Å². The Morgan fingerprint density at radius 3 is 2.36 bits per heavy atom. The first-order valence-corrected chi connectivity index (χ1v) is 7.92. The topological polar surface area (TPSA) is 92.6 Å². The summed E-state index contributed by atoms with van der Waals surface area (Å²) in [4.78, 5) is 37.7. The molecule has 0 radical (unpaired) electrons. The molecule has 1 fully saturated rings. The lowest BCUT2D eigenvalue weighted by atomic mass is 9.96. The molecule has 2 aromatic carbocycles. The van der Waals surface area contributed by atoms with Gasteiger partial charge in [-0.3, -0.25) is 19.7 Å². The van der Waals surface area contributed by atoms with Gasteiger partial charge in [0.15, 0.2) is 5.78 Å². The fourth-order valence-electron chi connectivity index (χ4n) is 2.75. The molecule has 0 aliphatic carbocycles. The molecule has 1 saturated heterocycles. The van der Waals surface area contributed by atoms with Gasteiger partial charge < -0.3 is 10.2 Å². The number of hydrogen-bond acceptors (Lipinski definition) is 5. The van der Waals surface area contributed by atoms with Crippen LogP contribution < -0.4 is 5.32 Å². The van der Waals surface area contributed by atoms with E-state index in [-0.39, 0.29) is 22.7 Å². The van der Waals surface area contributed by atoms with Crippen molar-refractivity contribution in [1.29, 1.82) is 0 Å². The van der Waals surface area contributed by atoms with Crippen molar-refractivity contribution in [2.45, 2.75) is 6.42 Å². The van der Waals surface area contributed by atoms with Crippen molar-refractivity contribution in [2.24, 2.45) is 0 Å². The van der Waals surface area contributed by atoms with Crippen molar-refractivity contribution in [3.05, 3.63) is 69.3 Å². The fraction of sp³-hybridized carbons (Fsp3) is 0.222. The van der Waals surface area contributed by atoms with E-state index in [1.165, 1.54) is 18.2 Å². The number of carbonyl (C=O) groups excluding carboxylic acids is 2. The molecule has 0 bridgehead atoms. The Morgan fingerprint density at radius 2 is 1.80 bits per heavy atom. The van der Waals surface area contributed by atoms with Crippen LogP contribution in [-0.2, 0) is 0 Å². The van der Waals surface area contributed by atoms with Gasteiger partial charge in [0.25, 0.3) is 11.6 Å². The highest BCUT2D eigenvalue weighted by Gasteiger charge is 2.26. The predicted octanol–water partition coefficient (Wildman–Crippen LogP) is 2.71. The summed E-state index contributed by atoms with van der Waals surface area (Å²) >= 11 is 0. The first kappa shape index (κ1) is 16.6. The molecule has 1 amide bonds. The molecule has 1 N–H and O–H groups in total. The quantitative estimate of drug-likeness (QED) is 0.514. The normalized spacial score (nSPS) is 13.1. The Labute approximate surface area is 144 Å². The van der Waals surface area contributed by atoms with Crippen LogP contribution in [0.5, 0.6) is 0 Å². The van der Waals surface area contributed by atoms with Gasteiger partial charge >= 0.3 is 0 Å². The van der Waals surface area contributed by atoms with E-state index >= 15 is 0 Å². The maximum atomic E-state index is 12.9. The maximum absolute atomic E-state index is 12.9. The molecule has 0 spiro atoms. The second-order valence-electron chi connectivity index (χ2n) is 5.76. The first-order chi connectivity index (χ1) is 12.0. The Kier molecular flexibility index (Phi) is 4.47. The van der Waals surface area contributed by atoms with Crippen LogP contribution in [0.25, 0.3) is 0 Å². The predicted molar refractivity (Wildman–Crippen MR) is 93.0 cm³/mol. The zero-order valence-corrected chi connectivity index (χ0v) is 13.7. The molecule has 0 atom stereocenters. The van der Waals surface area contributed by atoms with Crippen molar-refractivity contribution in [3.8, 4) is 0 Å². The summed E-state index contributed by atoms with van der Waals surface area (Å²) in [6, 6.07) is 10.8. The Morgan fingerprint density at radius 1 is 1.12 bits per heavy atom. The van der Waals surface area contributed by atoms with E-state index in [1.807, 2.05) is 0 Å². The lowest BCUT2D eigenvalue weighted by Crippen LogP contribution is -2.42.